The van der Waals surface area contributed by atoms with Crippen LogP contribution in [0.4, 0.5) is 17.5 Å². The number of morpholine rings is 1. The van der Waals surface area contributed by atoms with Crippen molar-refractivity contribution >= 4 is 35.0 Å². The number of nitrogens with two attached hydrogens (primary N) is 1. The Morgan fingerprint density at radius 1 is 1.18 bits per heavy atom. The van der Waals surface area contributed by atoms with E-state index in [0.29, 0.717) is 22.8 Å². The van der Waals surface area contributed by atoms with Crippen LogP contribution < -0.4 is 21.1 Å². The molecule has 5 atom stereocenters. The van der Waals surface area contributed by atoms with Gasteiger partial charge in [0.15, 0.2) is 5.82 Å². The number of aryl methyl sites for hydroxylation is 1. The van der Waals surface area contributed by atoms with E-state index in [1.165, 1.54) is 11.1 Å². The van der Waals surface area contributed by atoms with Gasteiger partial charge in [0, 0.05) is 25.2 Å². The fourth-order valence-corrected chi connectivity index (χ4v) is 6.95. The zero-order chi connectivity index (χ0) is 26.2. The van der Waals surface area contributed by atoms with Gasteiger partial charge in [0.25, 0.3) is 0 Å². The zero-order valence-corrected chi connectivity index (χ0v) is 22.4. The minimum absolute atomic E-state index is 0.135. The summed E-state index contributed by atoms with van der Waals surface area (Å²) in [6.07, 6.45) is 11.0. The zero-order valence-electron chi connectivity index (χ0n) is 21.7. The molecule has 10 heteroatoms. The summed E-state index contributed by atoms with van der Waals surface area (Å²) in [5.74, 6) is 1.55. The Bertz CT molecular complexity index is 1230. The first-order valence-corrected chi connectivity index (χ1v) is 13.9. The van der Waals surface area contributed by atoms with Gasteiger partial charge in [-0.1, -0.05) is 29.8 Å². The molecule has 2 fully saturated rings. The topological polar surface area (TPSA) is 115 Å². The molecule has 2 aromatic rings. The van der Waals surface area contributed by atoms with Gasteiger partial charge in [-0.05, 0) is 61.1 Å². The molecule has 1 saturated heterocycles. The Morgan fingerprint density at radius 2 is 1.97 bits per heavy atom. The van der Waals surface area contributed by atoms with Crippen molar-refractivity contribution in [3.05, 3.63) is 46.6 Å². The van der Waals surface area contributed by atoms with Crippen LogP contribution in [0.3, 0.4) is 0 Å². The number of anilines is 3. The second-order valence-electron chi connectivity index (χ2n) is 10.7. The summed E-state index contributed by atoms with van der Waals surface area (Å²) in [4.78, 5) is 23.8. The fraction of sp³-hybridized carbons (Fsp3) is 0.536. The fourth-order valence-electron chi connectivity index (χ4n) is 6.81. The van der Waals surface area contributed by atoms with Crippen molar-refractivity contribution in [1.82, 2.24) is 14.9 Å². The summed E-state index contributed by atoms with van der Waals surface area (Å²) in [5, 5.41) is 7.15. The highest BCUT2D eigenvalue weighted by atomic mass is 35.5. The number of rotatable bonds is 7. The Kier molecular flexibility index (Phi) is 7.16. The Hall–Kier alpha value is -2.88. The predicted molar refractivity (Wildman–Crippen MR) is 147 cm³/mol. The first-order valence-electron chi connectivity index (χ1n) is 13.6. The number of aromatic nitrogens is 2. The second kappa shape index (κ2) is 10.7. The largest absolute Gasteiger partial charge is 0.494 e. The summed E-state index contributed by atoms with van der Waals surface area (Å²) in [5.41, 5.74) is 9.14. The number of nitrogens with one attached hydrogen (secondary N) is 2. The van der Waals surface area contributed by atoms with Crippen molar-refractivity contribution in [3.8, 4) is 5.75 Å². The number of fused-ring (bicyclic) bond motifs is 3. The summed E-state index contributed by atoms with van der Waals surface area (Å²) in [6.45, 7) is 3.66. The van der Waals surface area contributed by atoms with Crippen LogP contribution in [-0.2, 0) is 22.4 Å². The number of nitrogens with zero attached hydrogens (tertiary/aromatic N) is 3. The molecular weight excluding hydrogens is 504 g/mol. The average molecular weight is 539 g/mol. The first kappa shape index (κ1) is 25.4. The highest BCUT2D eigenvalue weighted by Crippen LogP contribution is 2.45. The highest BCUT2D eigenvalue weighted by Gasteiger charge is 2.47. The molecule has 4 aliphatic rings. The second-order valence-corrected chi connectivity index (χ2v) is 11.1. The third kappa shape index (κ3) is 4.83. The molecule has 1 aromatic heterocycles. The highest BCUT2D eigenvalue weighted by molar-refractivity contribution is 6.32. The Morgan fingerprint density at radius 3 is 2.76 bits per heavy atom. The molecule has 0 radical (unpaired) electrons. The van der Waals surface area contributed by atoms with Gasteiger partial charge in [-0.3, -0.25) is 9.69 Å². The number of primary amides is 1. The molecule has 2 bridgehead atoms. The van der Waals surface area contributed by atoms with E-state index in [4.69, 9.17) is 26.8 Å². The van der Waals surface area contributed by atoms with Crippen molar-refractivity contribution in [2.24, 2.45) is 23.5 Å². The maximum absolute atomic E-state index is 12.2. The van der Waals surface area contributed by atoms with E-state index in [1.54, 1.807) is 13.3 Å². The predicted octanol–water partition coefficient (Wildman–Crippen LogP) is 3.55. The molecule has 38 heavy (non-hydrogen) atoms. The lowest BCUT2D eigenvalue weighted by atomic mass is 9.88. The monoisotopic (exact) mass is 538 g/mol. The van der Waals surface area contributed by atoms with E-state index in [1.807, 2.05) is 6.07 Å². The minimum atomic E-state index is -0.298. The van der Waals surface area contributed by atoms with E-state index >= 15 is 0 Å². The molecule has 1 amide bonds. The lowest BCUT2D eigenvalue weighted by molar-refractivity contribution is -0.122. The van der Waals surface area contributed by atoms with Crippen LogP contribution in [0.5, 0.6) is 5.75 Å². The van der Waals surface area contributed by atoms with Gasteiger partial charge >= 0.3 is 0 Å². The van der Waals surface area contributed by atoms with Crippen molar-refractivity contribution in [3.63, 3.8) is 0 Å². The number of hydrogen-bond acceptors (Lipinski definition) is 8. The molecule has 6 rings (SSSR count). The summed E-state index contributed by atoms with van der Waals surface area (Å²) >= 11 is 6.47. The number of ether oxygens (including phenoxy) is 2. The standard InChI is InChI=1S/C28H35ClN6O3/c1-37-25-20-8-7-19(35-10-12-38-13-11-35)6-4-16(20)5-9-22(25)32-28-31-15-21(29)27(34-28)33-24-18-3-2-17(14-18)23(24)26(30)36/h2-3,5,9,15,17-19,23-24H,4,6-8,10-14H2,1H3,(H2,30,36)(H2,31,32,33,34)/t17-,18-,19?,23-,24-/m1/s1. The molecule has 1 unspecified atom stereocenters. The summed E-state index contributed by atoms with van der Waals surface area (Å²) in [7, 11) is 1.72. The van der Waals surface area contributed by atoms with E-state index in [-0.39, 0.29) is 29.7 Å². The quantitative estimate of drug-likeness (QED) is 0.362. The maximum atomic E-state index is 12.2. The van der Waals surface area contributed by atoms with Gasteiger partial charge in [0.2, 0.25) is 11.9 Å². The number of halogens is 1. The number of methoxy groups -OCH3 is 1. The van der Waals surface area contributed by atoms with Gasteiger partial charge < -0.3 is 25.8 Å². The van der Waals surface area contributed by atoms with Gasteiger partial charge in [-0.25, -0.2) is 4.98 Å². The molecule has 9 nitrogen and oxygen atoms in total. The normalized spacial score (nSPS) is 28.5. The van der Waals surface area contributed by atoms with Crippen LogP contribution in [0.25, 0.3) is 0 Å². The number of benzene rings is 1. The van der Waals surface area contributed by atoms with Gasteiger partial charge in [-0.15, -0.1) is 0 Å². The number of carbonyl (C=O) groups is 1. The van der Waals surface area contributed by atoms with E-state index in [0.717, 1.165) is 69.8 Å². The molecule has 202 valence electrons. The molecular formula is C28H35ClN6O3. The third-order valence-corrected chi connectivity index (χ3v) is 8.96. The van der Waals surface area contributed by atoms with E-state index in [9.17, 15) is 4.79 Å². The lowest BCUT2D eigenvalue weighted by Gasteiger charge is -2.34. The number of carbonyl (C=O) groups excluding carboxylic acids is 1. The molecule has 1 aromatic carbocycles. The molecule has 0 spiro atoms. The minimum Gasteiger partial charge on any atom is -0.494 e. The van der Waals surface area contributed by atoms with Crippen LogP contribution in [0, 0.1) is 17.8 Å². The van der Waals surface area contributed by atoms with Crippen molar-refractivity contribution in [2.45, 2.75) is 44.2 Å². The number of hydrogen-bond donors (Lipinski definition) is 3. The molecule has 2 heterocycles. The van der Waals surface area contributed by atoms with Crippen LogP contribution in [-0.4, -0.2) is 66.3 Å². The van der Waals surface area contributed by atoms with Gasteiger partial charge in [-0.2, -0.15) is 4.98 Å². The van der Waals surface area contributed by atoms with Crippen LogP contribution >= 0.6 is 11.6 Å². The Balaban J connectivity index is 1.21. The first-order chi connectivity index (χ1) is 18.5. The van der Waals surface area contributed by atoms with E-state index < -0.39 is 0 Å². The van der Waals surface area contributed by atoms with Gasteiger partial charge in [0.1, 0.15) is 10.8 Å². The lowest BCUT2D eigenvalue weighted by Crippen LogP contribution is -2.43. The number of allylic oxidation sites excluding steroid dienone is 1. The molecule has 4 N–H and O–H groups in total. The number of amides is 1. The maximum Gasteiger partial charge on any atom is 0.229 e. The van der Waals surface area contributed by atoms with Gasteiger partial charge in [0.05, 0.1) is 38.1 Å². The van der Waals surface area contributed by atoms with Crippen LogP contribution in [0.1, 0.15) is 30.4 Å². The Labute approximate surface area is 228 Å². The molecule has 1 aliphatic heterocycles. The van der Waals surface area contributed by atoms with Crippen LogP contribution in [0.2, 0.25) is 5.02 Å². The average Bonchev–Trinajstić information content (AvgIpc) is 3.46. The van der Waals surface area contributed by atoms with E-state index in [2.05, 4.69) is 43.7 Å². The summed E-state index contributed by atoms with van der Waals surface area (Å²) in [6, 6.07) is 4.66. The van der Waals surface area contributed by atoms with Crippen LogP contribution in [0.15, 0.2) is 30.5 Å². The summed E-state index contributed by atoms with van der Waals surface area (Å²) < 4.78 is 11.5. The van der Waals surface area contributed by atoms with Crippen molar-refractivity contribution in [1.29, 1.82) is 0 Å². The third-order valence-electron chi connectivity index (χ3n) is 8.68. The molecule has 1 saturated carbocycles. The van der Waals surface area contributed by atoms with Crippen molar-refractivity contribution in [2.75, 3.05) is 44.0 Å². The SMILES string of the molecule is COc1c(Nc2ncc(Cl)c(N[C@H]3[C@H](C(N)=O)[C@@H]4C=C[C@@H]3C4)n2)ccc2c1CCC(N1CCOCC1)CC2. The smallest absolute Gasteiger partial charge is 0.229 e. The van der Waals surface area contributed by atoms with Crippen molar-refractivity contribution < 1.29 is 14.3 Å². The molecule has 3 aliphatic carbocycles.